The first-order valence-corrected chi connectivity index (χ1v) is 9.09. The molecule has 136 valence electrons. The Morgan fingerprint density at radius 2 is 1.77 bits per heavy atom. The summed E-state index contributed by atoms with van der Waals surface area (Å²) >= 11 is 0. The van der Waals surface area contributed by atoms with E-state index in [1.807, 2.05) is 18.3 Å². The van der Waals surface area contributed by atoms with Crippen molar-refractivity contribution in [1.82, 2.24) is 15.6 Å². The molecule has 1 aromatic heterocycles. The number of amides is 2. The first-order chi connectivity index (χ1) is 12.5. The minimum Gasteiger partial charge on any atom is -0.361 e. The van der Waals surface area contributed by atoms with Crippen molar-refractivity contribution in [3.8, 4) is 0 Å². The number of carbonyl (C=O) groups is 1. The quantitative estimate of drug-likeness (QED) is 0.611. The van der Waals surface area contributed by atoms with Gasteiger partial charge in [-0.2, -0.15) is 0 Å². The van der Waals surface area contributed by atoms with Crippen LogP contribution in [-0.4, -0.2) is 24.1 Å². The van der Waals surface area contributed by atoms with Gasteiger partial charge in [-0.1, -0.05) is 61.9 Å². The van der Waals surface area contributed by atoms with Crippen LogP contribution in [0.15, 0.2) is 54.7 Å². The summed E-state index contributed by atoms with van der Waals surface area (Å²) in [6.45, 7) is 7.57. The standard InChI is InChI=1S/C22H27N3O/c1-16-8-10-18(11-9-16)22(2,3)15-25-21(26)23-13-12-17-14-24-20-7-5-4-6-19(17)20/h4-11,14,24H,12-13,15H2,1-3H3,(H2,23,25,26). The van der Waals surface area contributed by atoms with E-state index in [1.165, 1.54) is 22.1 Å². The van der Waals surface area contributed by atoms with E-state index in [2.05, 4.69) is 72.8 Å². The molecule has 0 saturated heterocycles. The van der Waals surface area contributed by atoms with Gasteiger partial charge in [-0.15, -0.1) is 0 Å². The molecule has 1 heterocycles. The molecule has 2 aromatic carbocycles. The van der Waals surface area contributed by atoms with Crippen molar-refractivity contribution in [3.63, 3.8) is 0 Å². The third-order valence-electron chi connectivity index (χ3n) is 4.88. The van der Waals surface area contributed by atoms with Crippen LogP contribution in [0, 0.1) is 6.92 Å². The van der Waals surface area contributed by atoms with Crippen LogP contribution in [0.4, 0.5) is 4.79 Å². The monoisotopic (exact) mass is 349 g/mol. The van der Waals surface area contributed by atoms with Crippen molar-refractivity contribution in [2.75, 3.05) is 13.1 Å². The highest BCUT2D eigenvalue weighted by molar-refractivity contribution is 5.83. The van der Waals surface area contributed by atoms with Crippen molar-refractivity contribution in [1.29, 1.82) is 0 Å². The average molecular weight is 349 g/mol. The number of nitrogens with one attached hydrogen (secondary N) is 3. The number of benzene rings is 2. The average Bonchev–Trinajstić information content (AvgIpc) is 3.04. The molecule has 4 nitrogen and oxygen atoms in total. The van der Waals surface area contributed by atoms with Crippen molar-refractivity contribution < 1.29 is 4.79 Å². The van der Waals surface area contributed by atoms with Crippen LogP contribution in [0.1, 0.15) is 30.5 Å². The molecule has 2 amide bonds. The van der Waals surface area contributed by atoms with E-state index in [-0.39, 0.29) is 11.4 Å². The molecule has 3 rings (SSSR count). The smallest absolute Gasteiger partial charge is 0.314 e. The first-order valence-electron chi connectivity index (χ1n) is 9.09. The van der Waals surface area contributed by atoms with E-state index in [0.29, 0.717) is 13.1 Å². The maximum Gasteiger partial charge on any atom is 0.314 e. The Hall–Kier alpha value is -2.75. The zero-order valence-corrected chi connectivity index (χ0v) is 15.7. The predicted molar refractivity (Wildman–Crippen MR) is 108 cm³/mol. The summed E-state index contributed by atoms with van der Waals surface area (Å²) in [7, 11) is 0. The molecule has 0 atom stereocenters. The van der Waals surface area contributed by atoms with E-state index < -0.39 is 0 Å². The van der Waals surface area contributed by atoms with Gasteiger partial charge in [0, 0.05) is 35.6 Å². The molecule has 0 aliphatic carbocycles. The Labute approximate surface area is 155 Å². The van der Waals surface area contributed by atoms with Gasteiger partial charge in [0.05, 0.1) is 0 Å². The summed E-state index contributed by atoms with van der Waals surface area (Å²) in [6, 6.07) is 16.6. The largest absolute Gasteiger partial charge is 0.361 e. The zero-order valence-electron chi connectivity index (χ0n) is 15.7. The van der Waals surface area contributed by atoms with Crippen LogP contribution in [0.5, 0.6) is 0 Å². The molecule has 0 aliphatic rings. The summed E-state index contributed by atoms with van der Waals surface area (Å²) in [5, 5.41) is 7.17. The molecule has 3 N–H and O–H groups in total. The highest BCUT2D eigenvalue weighted by Crippen LogP contribution is 2.22. The summed E-state index contributed by atoms with van der Waals surface area (Å²) < 4.78 is 0. The molecule has 3 aromatic rings. The van der Waals surface area contributed by atoms with Gasteiger partial charge in [0.15, 0.2) is 0 Å². The second-order valence-electron chi connectivity index (χ2n) is 7.47. The van der Waals surface area contributed by atoms with Crippen molar-refractivity contribution in [3.05, 3.63) is 71.4 Å². The Balaban J connectivity index is 1.47. The zero-order chi connectivity index (χ0) is 18.6. The number of aromatic nitrogens is 1. The fourth-order valence-corrected chi connectivity index (χ4v) is 3.12. The minimum atomic E-state index is -0.120. The molecule has 26 heavy (non-hydrogen) atoms. The van der Waals surface area contributed by atoms with Crippen molar-refractivity contribution in [2.24, 2.45) is 0 Å². The van der Waals surface area contributed by atoms with Gasteiger partial charge in [-0.3, -0.25) is 0 Å². The topological polar surface area (TPSA) is 56.9 Å². The molecule has 0 bridgehead atoms. The number of carbonyl (C=O) groups excluding carboxylic acids is 1. The van der Waals surface area contributed by atoms with Crippen LogP contribution in [0.2, 0.25) is 0 Å². The molecular formula is C22H27N3O. The number of hydrogen-bond donors (Lipinski definition) is 3. The third-order valence-corrected chi connectivity index (χ3v) is 4.88. The Kier molecular flexibility index (Phi) is 5.31. The fraction of sp³-hybridized carbons (Fsp3) is 0.318. The van der Waals surface area contributed by atoms with Gasteiger partial charge >= 0.3 is 6.03 Å². The summed E-state index contributed by atoms with van der Waals surface area (Å²) in [6.07, 6.45) is 2.82. The molecule has 4 heteroatoms. The molecule has 0 unspecified atom stereocenters. The molecule has 0 radical (unpaired) electrons. The van der Waals surface area contributed by atoms with Gasteiger partial charge in [-0.05, 0) is 30.5 Å². The maximum absolute atomic E-state index is 12.1. The molecule has 0 aliphatic heterocycles. The van der Waals surface area contributed by atoms with Crippen LogP contribution < -0.4 is 10.6 Å². The number of rotatable bonds is 6. The highest BCUT2D eigenvalue weighted by Gasteiger charge is 2.21. The van der Waals surface area contributed by atoms with E-state index in [9.17, 15) is 4.79 Å². The lowest BCUT2D eigenvalue weighted by Crippen LogP contribution is -2.42. The maximum atomic E-state index is 12.1. The Morgan fingerprint density at radius 1 is 1.04 bits per heavy atom. The fourth-order valence-electron chi connectivity index (χ4n) is 3.12. The van der Waals surface area contributed by atoms with E-state index in [0.717, 1.165) is 11.9 Å². The SMILES string of the molecule is Cc1ccc(C(C)(C)CNC(=O)NCCc2c[nH]c3ccccc23)cc1. The number of para-hydroxylation sites is 1. The van der Waals surface area contributed by atoms with Crippen LogP contribution in [0.25, 0.3) is 10.9 Å². The molecular weight excluding hydrogens is 322 g/mol. The van der Waals surface area contributed by atoms with Gasteiger partial charge in [-0.25, -0.2) is 4.79 Å². The number of hydrogen-bond acceptors (Lipinski definition) is 1. The van der Waals surface area contributed by atoms with Gasteiger partial charge in [0.25, 0.3) is 0 Å². The van der Waals surface area contributed by atoms with Gasteiger partial charge in [0.1, 0.15) is 0 Å². The summed E-state index contributed by atoms with van der Waals surface area (Å²) in [5.74, 6) is 0. The molecule has 0 saturated carbocycles. The van der Waals surface area contributed by atoms with E-state index in [4.69, 9.17) is 0 Å². The van der Waals surface area contributed by atoms with E-state index >= 15 is 0 Å². The van der Waals surface area contributed by atoms with Crippen LogP contribution >= 0.6 is 0 Å². The molecule has 0 spiro atoms. The number of aryl methyl sites for hydroxylation is 1. The number of aromatic amines is 1. The van der Waals surface area contributed by atoms with Crippen LogP contribution in [-0.2, 0) is 11.8 Å². The number of H-pyrrole nitrogens is 1. The first kappa shape index (κ1) is 18.1. The third kappa shape index (κ3) is 4.26. The van der Waals surface area contributed by atoms with Gasteiger partial charge in [0.2, 0.25) is 0 Å². The molecule has 0 fully saturated rings. The summed E-state index contributed by atoms with van der Waals surface area (Å²) in [5.41, 5.74) is 4.71. The number of urea groups is 1. The predicted octanol–water partition coefficient (Wildman–Crippen LogP) is 4.30. The van der Waals surface area contributed by atoms with Crippen LogP contribution in [0.3, 0.4) is 0 Å². The van der Waals surface area contributed by atoms with Crippen molar-refractivity contribution >= 4 is 16.9 Å². The second kappa shape index (κ2) is 7.65. The second-order valence-corrected chi connectivity index (χ2v) is 7.47. The lowest BCUT2D eigenvalue weighted by molar-refractivity contribution is 0.238. The highest BCUT2D eigenvalue weighted by atomic mass is 16.2. The summed E-state index contributed by atoms with van der Waals surface area (Å²) in [4.78, 5) is 15.4. The lowest BCUT2D eigenvalue weighted by Gasteiger charge is -2.26. The van der Waals surface area contributed by atoms with E-state index in [1.54, 1.807) is 0 Å². The Morgan fingerprint density at radius 3 is 2.54 bits per heavy atom. The van der Waals surface area contributed by atoms with Gasteiger partial charge < -0.3 is 15.6 Å². The minimum absolute atomic E-state index is 0.109. The Bertz CT molecular complexity index is 878. The lowest BCUT2D eigenvalue weighted by atomic mass is 9.84. The normalized spacial score (nSPS) is 11.5. The van der Waals surface area contributed by atoms with Crippen molar-refractivity contribution in [2.45, 2.75) is 32.6 Å². The number of fused-ring (bicyclic) bond motifs is 1.